The summed E-state index contributed by atoms with van der Waals surface area (Å²) in [5.74, 6) is -0.450. The molecule has 1 saturated heterocycles. The van der Waals surface area contributed by atoms with Crippen molar-refractivity contribution in [2.45, 2.75) is 13.2 Å². The van der Waals surface area contributed by atoms with Gasteiger partial charge in [-0.05, 0) is 86.9 Å². The summed E-state index contributed by atoms with van der Waals surface area (Å²) in [4.78, 5) is 38.0. The fourth-order valence-electron chi connectivity index (χ4n) is 3.42. The molecule has 7 nitrogen and oxygen atoms in total. The van der Waals surface area contributed by atoms with E-state index in [2.05, 4.69) is 31.9 Å². The molecule has 1 aliphatic heterocycles. The van der Waals surface area contributed by atoms with Crippen LogP contribution in [0.4, 0.5) is 4.79 Å². The van der Waals surface area contributed by atoms with Crippen molar-refractivity contribution in [2.24, 2.45) is 0 Å². The Morgan fingerprint density at radius 1 is 1.03 bits per heavy atom. The number of ether oxygens (including phenoxy) is 2. The summed E-state index contributed by atoms with van der Waals surface area (Å²) in [5.41, 5.74) is 2.50. The summed E-state index contributed by atoms with van der Waals surface area (Å²) < 4.78 is 12.9. The van der Waals surface area contributed by atoms with E-state index in [1.54, 1.807) is 30.3 Å². The predicted octanol–water partition coefficient (Wildman–Crippen LogP) is 6.73. The molecule has 0 spiro atoms. The molecule has 0 atom stereocenters. The van der Waals surface area contributed by atoms with Gasteiger partial charge in [-0.2, -0.15) is 0 Å². The Labute approximate surface area is 228 Å². The molecule has 2 amide bonds. The largest absolute Gasteiger partial charge is 0.493 e. The molecule has 4 rings (SSSR count). The van der Waals surface area contributed by atoms with Gasteiger partial charge in [0, 0.05) is 4.47 Å². The summed E-state index contributed by atoms with van der Waals surface area (Å²) in [5, 5.41) is 8.71. The van der Waals surface area contributed by atoms with Gasteiger partial charge in [0.15, 0.2) is 11.5 Å². The van der Waals surface area contributed by atoms with Crippen LogP contribution >= 0.6 is 43.6 Å². The molecular weight excluding hydrogens is 614 g/mol. The maximum Gasteiger partial charge on any atom is 0.335 e. The van der Waals surface area contributed by atoms with Crippen LogP contribution in [0.5, 0.6) is 11.5 Å². The molecule has 1 N–H and O–H groups in total. The Morgan fingerprint density at radius 2 is 1.69 bits per heavy atom. The van der Waals surface area contributed by atoms with Crippen molar-refractivity contribution in [2.75, 3.05) is 7.11 Å². The zero-order chi connectivity index (χ0) is 25.8. The van der Waals surface area contributed by atoms with E-state index in [9.17, 15) is 14.4 Å². The van der Waals surface area contributed by atoms with Crippen LogP contribution in [0.25, 0.3) is 6.08 Å². The molecule has 0 saturated carbocycles. The number of hydrogen-bond donors (Lipinski definition) is 1. The third-order valence-corrected chi connectivity index (χ3v) is 7.29. The van der Waals surface area contributed by atoms with Crippen LogP contribution in [0, 0.1) is 0 Å². The van der Waals surface area contributed by atoms with Crippen molar-refractivity contribution in [1.82, 2.24) is 4.90 Å². The number of nitrogens with zero attached hydrogens (tertiary/aromatic N) is 1. The Morgan fingerprint density at radius 3 is 2.33 bits per heavy atom. The molecule has 1 heterocycles. The number of benzene rings is 3. The smallest absolute Gasteiger partial charge is 0.335 e. The van der Waals surface area contributed by atoms with Gasteiger partial charge in [0.05, 0.1) is 28.6 Å². The van der Waals surface area contributed by atoms with Crippen LogP contribution in [-0.4, -0.2) is 34.2 Å². The summed E-state index contributed by atoms with van der Waals surface area (Å²) in [6.45, 7) is 0.395. The molecule has 1 fully saturated rings. The number of halogens is 2. The highest BCUT2D eigenvalue weighted by Gasteiger charge is 2.35. The highest BCUT2D eigenvalue weighted by Crippen LogP contribution is 2.39. The first-order valence-corrected chi connectivity index (χ1v) is 13.0. The van der Waals surface area contributed by atoms with Crippen molar-refractivity contribution < 1.29 is 29.0 Å². The third kappa shape index (κ3) is 6.00. The molecule has 184 valence electrons. The lowest BCUT2D eigenvalue weighted by molar-refractivity contribution is -0.123. The van der Waals surface area contributed by atoms with Crippen molar-refractivity contribution in [3.05, 3.63) is 96.8 Å². The second kappa shape index (κ2) is 11.3. The third-order valence-electron chi connectivity index (χ3n) is 5.26. The standard InChI is InChI=1S/C26H19Br2NO6S/c1-34-21-11-17(10-20(28)23(21)35-14-16-2-6-18(7-3-16)25(31)32)12-22-24(30)29(26(33)36-22)13-15-4-8-19(27)9-5-15/h2-12H,13-14H2,1H3,(H,31,32)/b22-12-. The normalized spacial score (nSPS) is 14.4. The van der Waals surface area contributed by atoms with Crippen LogP contribution in [0.15, 0.2) is 74.5 Å². The average molecular weight is 633 g/mol. The Balaban J connectivity index is 1.50. The number of carboxylic acids is 1. The zero-order valence-corrected chi connectivity index (χ0v) is 22.9. The van der Waals surface area contributed by atoms with Crippen LogP contribution in [0.2, 0.25) is 0 Å². The van der Waals surface area contributed by atoms with E-state index in [-0.39, 0.29) is 29.9 Å². The lowest BCUT2D eigenvalue weighted by Gasteiger charge is -2.14. The van der Waals surface area contributed by atoms with Gasteiger partial charge in [0.2, 0.25) is 0 Å². The van der Waals surface area contributed by atoms with Crippen molar-refractivity contribution in [3.63, 3.8) is 0 Å². The number of carbonyl (C=O) groups is 3. The summed E-state index contributed by atoms with van der Waals surface area (Å²) in [6.07, 6.45) is 1.65. The first kappa shape index (κ1) is 26.0. The number of imide groups is 1. The van der Waals surface area contributed by atoms with Gasteiger partial charge in [-0.3, -0.25) is 14.5 Å². The molecule has 0 bridgehead atoms. The summed E-state index contributed by atoms with van der Waals surface area (Å²) in [6, 6.07) is 17.3. The van der Waals surface area contributed by atoms with Crippen molar-refractivity contribution >= 4 is 66.8 Å². The van der Waals surface area contributed by atoms with Crippen LogP contribution in [0.1, 0.15) is 27.0 Å². The van der Waals surface area contributed by atoms with Gasteiger partial charge < -0.3 is 14.6 Å². The second-order valence-electron chi connectivity index (χ2n) is 7.72. The van der Waals surface area contributed by atoms with E-state index in [0.29, 0.717) is 26.4 Å². The molecule has 0 aliphatic carbocycles. The number of methoxy groups -OCH3 is 1. The van der Waals surface area contributed by atoms with E-state index < -0.39 is 5.97 Å². The predicted molar refractivity (Wildman–Crippen MR) is 144 cm³/mol. The van der Waals surface area contributed by atoms with Crippen LogP contribution in [-0.2, 0) is 17.9 Å². The van der Waals surface area contributed by atoms with Gasteiger partial charge in [0.1, 0.15) is 6.61 Å². The highest BCUT2D eigenvalue weighted by molar-refractivity contribution is 9.10. The number of rotatable bonds is 8. The van der Waals surface area contributed by atoms with Gasteiger partial charge in [-0.1, -0.05) is 40.2 Å². The molecule has 0 unspecified atom stereocenters. The lowest BCUT2D eigenvalue weighted by atomic mass is 10.1. The van der Waals surface area contributed by atoms with Crippen molar-refractivity contribution in [3.8, 4) is 11.5 Å². The number of hydrogen-bond acceptors (Lipinski definition) is 6. The minimum Gasteiger partial charge on any atom is -0.493 e. The van der Waals surface area contributed by atoms with Gasteiger partial charge >= 0.3 is 5.97 Å². The first-order chi connectivity index (χ1) is 17.2. The number of amides is 2. The molecule has 36 heavy (non-hydrogen) atoms. The zero-order valence-electron chi connectivity index (χ0n) is 18.9. The van der Waals surface area contributed by atoms with E-state index in [0.717, 1.165) is 27.4 Å². The SMILES string of the molecule is COc1cc(/C=C2\SC(=O)N(Cc3ccc(Br)cc3)C2=O)cc(Br)c1OCc1ccc(C(=O)O)cc1. The Kier molecular flexibility index (Phi) is 8.17. The van der Waals surface area contributed by atoms with E-state index in [1.807, 2.05) is 24.3 Å². The topological polar surface area (TPSA) is 93.1 Å². The molecular formula is C26H19Br2NO6S. The second-order valence-corrected chi connectivity index (χ2v) is 10.5. The molecule has 10 heteroatoms. The van der Waals surface area contributed by atoms with E-state index in [4.69, 9.17) is 14.6 Å². The minimum atomic E-state index is -0.992. The maximum absolute atomic E-state index is 12.9. The monoisotopic (exact) mass is 631 g/mol. The van der Waals surface area contributed by atoms with Gasteiger partial charge in [-0.15, -0.1) is 0 Å². The molecule has 3 aromatic rings. The van der Waals surface area contributed by atoms with E-state index in [1.165, 1.54) is 24.1 Å². The first-order valence-electron chi connectivity index (χ1n) is 10.6. The van der Waals surface area contributed by atoms with Crippen LogP contribution < -0.4 is 9.47 Å². The number of carbonyl (C=O) groups excluding carboxylic acids is 2. The van der Waals surface area contributed by atoms with E-state index >= 15 is 0 Å². The average Bonchev–Trinajstić information content (AvgIpc) is 3.11. The highest BCUT2D eigenvalue weighted by atomic mass is 79.9. The fraction of sp³-hybridized carbons (Fsp3) is 0.115. The molecule has 1 aliphatic rings. The fourth-order valence-corrected chi connectivity index (χ4v) is 5.10. The van der Waals surface area contributed by atoms with Gasteiger partial charge in [0.25, 0.3) is 11.1 Å². The number of thioether (sulfide) groups is 1. The summed E-state index contributed by atoms with van der Waals surface area (Å²) >= 11 is 7.77. The summed E-state index contributed by atoms with van der Waals surface area (Å²) in [7, 11) is 1.51. The molecule has 0 radical (unpaired) electrons. The lowest BCUT2D eigenvalue weighted by Crippen LogP contribution is -2.27. The van der Waals surface area contributed by atoms with Gasteiger partial charge in [-0.25, -0.2) is 4.79 Å². The number of carboxylic acid groups (broad SMARTS) is 1. The maximum atomic E-state index is 12.9. The Hall–Kier alpha value is -3.08. The quantitative estimate of drug-likeness (QED) is 0.275. The van der Waals surface area contributed by atoms with Crippen molar-refractivity contribution in [1.29, 1.82) is 0 Å². The molecule has 3 aromatic carbocycles. The number of aromatic carboxylic acids is 1. The minimum absolute atomic E-state index is 0.197. The molecule has 0 aromatic heterocycles. The Bertz CT molecular complexity index is 1360. The van der Waals surface area contributed by atoms with Crippen LogP contribution in [0.3, 0.4) is 0 Å².